The van der Waals surface area contributed by atoms with Crippen LogP contribution in [-0.4, -0.2) is 18.3 Å². The van der Waals surface area contributed by atoms with E-state index in [9.17, 15) is 0 Å². The molecule has 24 aromatic carbocycles. The van der Waals surface area contributed by atoms with Gasteiger partial charge >= 0.3 is 0 Å². The molecule has 692 valence electrons. The van der Waals surface area contributed by atoms with E-state index in [0.29, 0.717) is 0 Å². The molecule has 28 aromatic rings. The minimum absolute atomic E-state index is 1.14. The van der Waals surface area contributed by atoms with E-state index in [4.69, 9.17) is 0 Å². The van der Waals surface area contributed by atoms with E-state index in [1.54, 1.807) is 0 Å². The molecule has 4 aromatic heterocycles. The third kappa shape index (κ3) is 16.4. The Balaban J connectivity index is 0.000000146. The SMILES string of the molecule is c1ccc(-c2ccc(-c3cccc(-c4cccc(-c5ccc(-c6cccc(-n7c8ccccc8c8cc(-c9ccc%10c(c9)c9ccccc9n%10-c9cccc(-c%10ccccc%10)c9)ccc87)c6)cc5)c4)c3)cc2)cc1.c1ccc(-c2cccc(-c3cccc(-c4cccc(-c5ccc(-c6cccc(-n7c8ccccc8c8cc(-c9ccc%10c(c9)c9ccccc9n%10-c9cccc(-c%10ccccc%10)c9)ccc87)c6)cc5)c4)c3)c2)cc1. The molecule has 0 aliphatic rings. The van der Waals surface area contributed by atoms with Gasteiger partial charge in [-0.25, -0.2) is 0 Å². The lowest BCUT2D eigenvalue weighted by molar-refractivity contribution is 1.18. The average molecular weight is 1880 g/mol. The average Bonchev–Trinajstić information content (AvgIpc) is 1.59. The monoisotopic (exact) mass is 1880 g/mol. The third-order valence-electron chi connectivity index (χ3n) is 29.8. The molecule has 0 atom stereocenters. The summed E-state index contributed by atoms with van der Waals surface area (Å²) < 4.78 is 9.67. The van der Waals surface area contributed by atoms with E-state index in [0.717, 1.165) is 22.7 Å². The summed E-state index contributed by atoms with van der Waals surface area (Å²) >= 11 is 0. The van der Waals surface area contributed by atoms with E-state index in [-0.39, 0.29) is 0 Å². The number of nitrogens with zero attached hydrogens (tertiary/aromatic N) is 4. The summed E-state index contributed by atoms with van der Waals surface area (Å²) in [6.07, 6.45) is 0. The highest BCUT2D eigenvalue weighted by molar-refractivity contribution is 6.16. The van der Waals surface area contributed by atoms with Gasteiger partial charge in [0.05, 0.1) is 44.1 Å². The predicted octanol–water partition coefficient (Wildman–Crippen LogP) is 39.1. The molecule has 0 aliphatic carbocycles. The van der Waals surface area contributed by atoms with Crippen molar-refractivity contribution in [1.29, 1.82) is 0 Å². The van der Waals surface area contributed by atoms with E-state index in [1.807, 2.05) is 0 Å². The van der Waals surface area contributed by atoms with Crippen molar-refractivity contribution in [2.45, 2.75) is 0 Å². The largest absolute Gasteiger partial charge is 0.309 e. The van der Waals surface area contributed by atoms with Gasteiger partial charge in [-0.2, -0.15) is 0 Å². The molecule has 0 aliphatic heterocycles. The number of aromatic nitrogens is 4. The molecule has 0 radical (unpaired) electrons. The minimum atomic E-state index is 1.14. The Morgan fingerprint density at radius 2 is 0.203 bits per heavy atom. The second-order valence-electron chi connectivity index (χ2n) is 38.6. The molecule has 0 saturated heterocycles. The molecule has 0 unspecified atom stereocenters. The fourth-order valence-electron chi connectivity index (χ4n) is 22.5. The van der Waals surface area contributed by atoms with Crippen LogP contribution in [0, 0.1) is 0 Å². The normalized spacial score (nSPS) is 11.5. The zero-order valence-electron chi connectivity index (χ0n) is 81.2. The predicted molar refractivity (Wildman–Crippen MR) is 626 cm³/mol. The lowest BCUT2D eigenvalue weighted by Crippen LogP contribution is -1.94. The van der Waals surface area contributed by atoms with Crippen molar-refractivity contribution in [3.63, 3.8) is 0 Å². The summed E-state index contributed by atoms with van der Waals surface area (Å²) in [6.45, 7) is 0. The van der Waals surface area contributed by atoms with Gasteiger partial charge in [-0.3, -0.25) is 0 Å². The van der Waals surface area contributed by atoms with E-state index in [1.165, 1.54) is 243 Å². The summed E-state index contributed by atoms with van der Waals surface area (Å²) in [5.41, 5.74) is 47.8. The van der Waals surface area contributed by atoms with Crippen LogP contribution in [0.4, 0.5) is 0 Å². The molecule has 0 N–H and O–H groups in total. The van der Waals surface area contributed by atoms with Crippen LogP contribution in [0.2, 0.25) is 0 Å². The van der Waals surface area contributed by atoms with E-state index < -0.39 is 0 Å². The van der Waals surface area contributed by atoms with Gasteiger partial charge in [0.1, 0.15) is 0 Å². The summed E-state index contributed by atoms with van der Waals surface area (Å²) in [6, 6.07) is 213. The van der Waals surface area contributed by atoms with Gasteiger partial charge in [-0.1, -0.05) is 431 Å². The number of hydrogen-bond donors (Lipinski definition) is 0. The van der Waals surface area contributed by atoms with Crippen molar-refractivity contribution in [3.8, 4) is 179 Å². The number of hydrogen-bond acceptors (Lipinski definition) is 0. The standard InChI is InChI=1S/2C72H48N2/c1-3-16-49(17-4-1)53-20-11-22-55(42-53)57-24-13-25-58(44-57)56-23-12-21-54(43-56)51-34-36-52(37-35-51)60-27-15-29-64(46-60)74-70-33-10-8-31-66(70)68-48-62(39-41-72(68)74)61-38-40-71-67(47-61)65-30-7-9-32-69(65)73(71)63-28-14-26-59(45-63)50-18-5-2-6-19-50;1-3-15-49(16-4-1)51-31-33-52(34-32-51)55-19-11-21-57(43-55)58-22-12-20-56(44-58)53-35-37-54(38-36-53)60-24-14-26-64(46-60)74-70-30-10-8-28-66(70)68-48-62(40-42-72(68)74)61-39-41-71-67(47-61)65-27-7-9-29-69(65)73(71)63-25-13-23-59(45-63)50-17-5-2-6-18-50/h2*1-48H. The molecule has 148 heavy (non-hydrogen) atoms. The Morgan fingerprint density at radius 1 is 0.0743 bits per heavy atom. The van der Waals surface area contributed by atoms with Gasteiger partial charge < -0.3 is 18.3 Å². The second-order valence-corrected chi connectivity index (χ2v) is 38.6. The molecule has 4 nitrogen and oxygen atoms in total. The summed E-state index contributed by atoms with van der Waals surface area (Å²) in [5, 5.41) is 9.92. The topological polar surface area (TPSA) is 19.7 Å². The first kappa shape index (κ1) is 87.5. The van der Waals surface area contributed by atoms with Gasteiger partial charge in [0.15, 0.2) is 0 Å². The maximum absolute atomic E-state index is 2.42. The number of benzene rings is 24. The van der Waals surface area contributed by atoms with Crippen LogP contribution in [0.3, 0.4) is 0 Å². The molecule has 4 heteroatoms. The quantitative estimate of drug-likeness (QED) is 0.0816. The second kappa shape index (κ2) is 37.7. The molecular weight excluding hydrogens is 1790 g/mol. The first-order valence-corrected chi connectivity index (χ1v) is 50.9. The van der Waals surface area contributed by atoms with Crippen LogP contribution in [0.25, 0.3) is 266 Å². The number of rotatable bonds is 18. The Kier molecular flexibility index (Phi) is 22.3. The highest BCUT2D eigenvalue weighted by Gasteiger charge is 2.23. The number of para-hydroxylation sites is 4. The van der Waals surface area contributed by atoms with Crippen molar-refractivity contribution in [3.05, 3.63) is 582 Å². The maximum atomic E-state index is 2.42. The maximum Gasteiger partial charge on any atom is 0.0541 e. The van der Waals surface area contributed by atoms with Crippen molar-refractivity contribution < 1.29 is 0 Å². The van der Waals surface area contributed by atoms with Gasteiger partial charge in [0, 0.05) is 65.8 Å². The van der Waals surface area contributed by atoms with Crippen molar-refractivity contribution >= 4 is 87.2 Å². The molecule has 28 rings (SSSR count). The van der Waals surface area contributed by atoms with Gasteiger partial charge in [-0.05, 0) is 307 Å². The van der Waals surface area contributed by atoms with Gasteiger partial charge in [-0.15, -0.1) is 0 Å². The Labute approximate surface area is 860 Å². The molecule has 0 amide bonds. The van der Waals surface area contributed by atoms with E-state index >= 15 is 0 Å². The molecule has 0 bridgehead atoms. The van der Waals surface area contributed by atoms with Crippen LogP contribution in [0.5, 0.6) is 0 Å². The van der Waals surface area contributed by atoms with Crippen LogP contribution < -0.4 is 0 Å². The molecular formula is C144H96N4. The third-order valence-corrected chi connectivity index (χ3v) is 29.8. The Bertz CT molecular complexity index is 9930. The molecule has 0 fully saturated rings. The molecule has 4 heterocycles. The molecule has 0 saturated carbocycles. The van der Waals surface area contributed by atoms with Crippen molar-refractivity contribution in [2.75, 3.05) is 0 Å². The lowest BCUT2D eigenvalue weighted by atomic mass is 9.94. The lowest BCUT2D eigenvalue weighted by Gasteiger charge is -2.12. The summed E-state index contributed by atoms with van der Waals surface area (Å²) in [5.74, 6) is 0. The summed E-state index contributed by atoms with van der Waals surface area (Å²) in [7, 11) is 0. The highest BCUT2D eigenvalue weighted by atomic mass is 15.0. The zero-order chi connectivity index (χ0) is 97.9. The van der Waals surface area contributed by atoms with Crippen LogP contribution in [0.1, 0.15) is 0 Å². The van der Waals surface area contributed by atoms with Crippen LogP contribution in [0.15, 0.2) is 582 Å². The zero-order valence-corrected chi connectivity index (χ0v) is 81.2. The van der Waals surface area contributed by atoms with Gasteiger partial charge in [0.2, 0.25) is 0 Å². The van der Waals surface area contributed by atoms with Gasteiger partial charge in [0.25, 0.3) is 0 Å². The fraction of sp³-hybridized carbons (Fsp3) is 0. The number of fused-ring (bicyclic) bond motifs is 12. The smallest absolute Gasteiger partial charge is 0.0541 e. The van der Waals surface area contributed by atoms with Crippen LogP contribution in [-0.2, 0) is 0 Å². The Morgan fingerprint density at radius 3 is 0.412 bits per heavy atom. The van der Waals surface area contributed by atoms with Crippen molar-refractivity contribution in [1.82, 2.24) is 18.3 Å². The fourth-order valence-corrected chi connectivity index (χ4v) is 22.5. The highest BCUT2D eigenvalue weighted by Crippen LogP contribution is 2.46. The first-order chi connectivity index (χ1) is 73.3. The van der Waals surface area contributed by atoms with Crippen molar-refractivity contribution in [2.24, 2.45) is 0 Å². The minimum Gasteiger partial charge on any atom is -0.309 e. The first-order valence-electron chi connectivity index (χ1n) is 50.9. The molecule has 0 spiro atoms. The summed E-state index contributed by atoms with van der Waals surface area (Å²) in [4.78, 5) is 0. The van der Waals surface area contributed by atoms with E-state index in [2.05, 4.69) is 601 Å². The van der Waals surface area contributed by atoms with Crippen LogP contribution >= 0.6 is 0 Å². The Hall–Kier alpha value is -19.5.